The molecule has 0 aromatic carbocycles. The fraction of sp³-hybridized carbons (Fsp3) is 0.538. The van der Waals surface area contributed by atoms with E-state index in [1.54, 1.807) is 0 Å². The summed E-state index contributed by atoms with van der Waals surface area (Å²) in [6.07, 6.45) is 6.55. The number of terminal acetylenes is 1. The van der Waals surface area contributed by atoms with Gasteiger partial charge in [0.1, 0.15) is 12.6 Å². The standard InChI is InChI=1S/C13H16N2O6/c1-2-6-14(8-10(16)17)11(18)12(19)15-7-4-3-5-9(15)13(20)21/h1,9H,3-8H2,(H,16,17)(H,20,21)/t9-/m0/s1. The molecule has 1 fully saturated rings. The van der Waals surface area contributed by atoms with Crippen molar-refractivity contribution in [2.75, 3.05) is 19.6 Å². The molecule has 0 aromatic rings. The van der Waals surface area contributed by atoms with Crippen LogP contribution in [0, 0.1) is 12.3 Å². The molecule has 0 spiro atoms. The van der Waals surface area contributed by atoms with Crippen molar-refractivity contribution >= 4 is 23.8 Å². The second kappa shape index (κ2) is 7.28. The SMILES string of the molecule is C#CCN(CC(=O)O)C(=O)C(=O)N1CCCC[C@H]1C(=O)O. The third-order valence-electron chi connectivity index (χ3n) is 3.13. The lowest BCUT2D eigenvalue weighted by Gasteiger charge is -2.33. The molecule has 0 bridgehead atoms. The maximum absolute atomic E-state index is 12.1. The largest absolute Gasteiger partial charge is 0.480 e. The van der Waals surface area contributed by atoms with Crippen LogP contribution in [0.15, 0.2) is 0 Å². The van der Waals surface area contributed by atoms with E-state index in [1.165, 1.54) is 0 Å². The Morgan fingerprint density at radius 2 is 1.90 bits per heavy atom. The van der Waals surface area contributed by atoms with Crippen LogP contribution in [0.2, 0.25) is 0 Å². The van der Waals surface area contributed by atoms with E-state index in [1.807, 2.05) is 0 Å². The topological polar surface area (TPSA) is 115 Å². The second-order valence-corrected chi connectivity index (χ2v) is 4.61. The Morgan fingerprint density at radius 3 is 2.43 bits per heavy atom. The molecule has 1 rings (SSSR count). The number of piperidine rings is 1. The van der Waals surface area contributed by atoms with Gasteiger partial charge in [-0.05, 0) is 19.3 Å². The molecule has 8 nitrogen and oxygen atoms in total. The van der Waals surface area contributed by atoms with E-state index < -0.39 is 36.3 Å². The molecule has 114 valence electrons. The maximum Gasteiger partial charge on any atom is 0.326 e. The molecular weight excluding hydrogens is 280 g/mol. The molecule has 21 heavy (non-hydrogen) atoms. The molecular formula is C13H16N2O6. The Morgan fingerprint density at radius 1 is 1.24 bits per heavy atom. The summed E-state index contributed by atoms with van der Waals surface area (Å²) >= 11 is 0. The van der Waals surface area contributed by atoms with Crippen molar-refractivity contribution in [3.05, 3.63) is 0 Å². The van der Waals surface area contributed by atoms with Gasteiger partial charge in [0, 0.05) is 6.54 Å². The van der Waals surface area contributed by atoms with E-state index in [0.717, 1.165) is 4.90 Å². The summed E-state index contributed by atoms with van der Waals surface area (Å²) in [5.41, 5.74) is 0. The predicted molar refractivity (Wildman–Crippen MR) is 70.0 cm³/mol. The zero-order valence-corrected chi connectivity index (χ0v) is 11.3. The number of hydrogen-bond acceptors (Lipinski definition) is 4. The predicted octanol–water partition coefficient (Wildman–Crippen LogP) is -1.00. The van der Waals surface area contributed by atoms with E-state index in [0.29, 0.717) is 17.7 Å². The van der Waals surface area contributed by atoms with Crippen molar-refractivity contribution in [3.8, 4) is 12.3 Å². The van der Waals surface area contributed by atoms with Crippen molar-refractivity contribution in [3.63, 3.8) is 0 Å². The van der Waals surface area contributed by atoms with Crippen LogP contribution in [0.1, 0.15) is 19.3 Å². The Labute approximate surface area is 121 Å². The van der Waals surface area contributed by atoms with Crippen LogP contribution in [0.4, 0.5) is 0 Å². The van der Waals surface area contributed by atoms with Crippen molar-refractivity contribution in [1.82, 2.24) is 9.80 Å². The van der Waals surface area contributed by atoms with Gasteiger partial charge in [-0.3, -0.25) is 14.4 Å². The molecule has 0 unspecified atom stereocenters. The number of amides is 2. The zero-order valence-electron chi connectivity index (χ0n) is 11.3. The lowest BCUT2D eigenvalue weighted by atomic mass is 10.0. The third kappa shape index (κ3) is 4.21. The highest BCUT2D eigenvalue weighted by Crippen LogP contribution is 2.18. The number of carboxylic acid groups (broad SMARTS) is 2. The molecule has 0 aliphatic carbocycles. The van der Waals surface area contributed by atoms with Crippen LogP contribution < -0.4 is 0 Å². The molecule has 0 saturated carbocycles. The van der Waals surface area contributed by atoms with Crippen LogP contribution in [-0.2, 0) is 19.2 Å². The maximum atomic E-state index is 12.1. The second-order valence-electron chi connectivity index (χ2n) is 4.61. The molecule has 2 N–H and O–H groups in total. The van der Waals surface area contributed by atoms with Crippen LogP contribution in [0.5, 0.6) is 0 Å². The Bertz CT molecular complexity index is 495. The summed E-state index contributed by atoms with van der Waals surface area (Å²) < 4.78 is 0. The first-order valence-electron chi connectivity index (χ1n) is 6.36. The number of carboxylic acids is 2. The van der Waals surface area contributed by atoms with Gasteiger partial charge in [-0.15, -0.1) is 6.42 Å². The first kappa shape index (κ1) is 16.5. The number of likely N-dealkylation sites (tertiary alicyclic amines) is 1. The van der Waals surface area contributed by atoms with E-state index in [2.05, 4.69) is 5.92 Å². The van der Waals surface area contributed by atoms with Crippen molar-refractivity contribution in [1.29, 1.82) is 0 Å². The Hall–Kier alpha value is -2.56. The molecule has 1 atom stereocenters. The summed E-state index contributed by atoms with van der Waals surface area (Å²) in [6.45, 7) is -0.888. The van der Waals surface area contributed by atoms with Crippen LogP contribution in [0.3, 0.4) is 0 Å². The van der Waals surface area contributed by atoms with Crippen molar-refractivity contribution in [2.45, 2.75) is 25.3 Å². The van der Waals surface area contributed by atoms with E-state index >= 15 is 0 Å². The summed E-state index contributed by atoms with van der Waals surface area (Å²) in [4.78, 5) is 47.6. The molecule has 1 aliphatic rings. The van der Waals surface area contributed by atoms with Crippen LogP contribution in [0.25, 0.3) is 0 Å². The molecule has 8 heteroatoms. The molecule has 2 amide bonds. The molecule has 1 saturated heterocycles. The highest BCUT2D eigenvalue weighted by molar-refractivity contribution is 6.35. The minimum absolute atomic E-state index is 0.151. The highest BCUT2D eigenvalue weighted by Gasteiger charge is 2.36. The summed E-state index contributed by atoms with van der Waals surface area (Å²) in [6, 6.07) is -1.06. The lowest BCUT2D eigenvalue weighted by Crippen LogP contribution is -2.54. The summed E-state index contributed by atoms with van der Waals surface area (Å²) in [7, 11) is 0. The quantitative estimate of drug-likeness (QED) is 0.508. The average Bonchev–Trinajstić information content (AvgIpc) is 2.44. The number of hydrogen-bond donors (Lipinski definition) is 2. The van der Waals surface area contributed by atoms with Gasteiger partial charge in [0.25, 0.3) is 0 Å². The summed E-state index contributed by atoms with van der Waals surface area (Å²) in [5.74, 6) is -2.51. The van der Waals surface area contributed by atoms with Gasteiger partial charge >= 0.3 is 23.8 Å². The van der Waals surface area contributed by atoms with Gasteiger partial charge in [0.2, 0.25) is 0 Å². The lowest BCUT2D eigenvalue weighted by molar-refractivity contribution is -0.160. The fourth-order valence-corrected chi connectivity index (χ4v) is 2.16. The van der Waals surface area contributed by atoms with Crippen LogP contribution >= 0.6 is 0 Å². The van der Waals surface area contributed by atoms with Gasteiger partial charge in [-0.2, -0.15) is 0 Å². The number of nitrogens with zero attached hydrogens (tertiary/aromatic N) is 2. The van der Waals surface area contributed by atoms with Gasteiger partial charge in [-0.25, -0.2) is 4.79 Å². The Balaban J connectivity index is 2.87. The third-order valence-corrected chi connectivity index (χ3v) is 3.13. The van der Waals surface area contributed by atoms with Gasteiger partial charge in [0.15, 0.2) is 0 Å². The average molecular weight is 296 g/mol. The molecule has 0 radical (unpaired) electrons. The number of carbonyl (C=O) groups is 4. The number of aliphatic carboxylic acids is 2. The van der Waals surface area contributed by atoms with E-state index in [9.17, 15) is 19.2 Å². The van der Waals surface area contributed by atoms with Crippen molar-refractivity contribution < 1.29 is 29.4 Å². The smallest absolute Gasteiger partial charge is 0.326 e. The minimum Gasteiger partial charge on any atom is -0.480 e. The van der Waals surface area contributed by atoms with E-state index in [-0.39, 0.29) is 19.5 Å². The molecule has 1 heterocycles. The first-order valence-corrected chi connectivity index (χ1v) is 6.36. The normalized spacial score (nSPS) is 17.7. The fourth-order valence-electron chi connectivity index (χ4n) is 2.16. The van der Waals surface area contributed by atoms with Crippen molar-refractivity contribution in [2.24, 2.45) is 0 Å². The van der Waals surface area contributed by atoms with Gasteiger partial charge in [-0.1, -0.05) is 5.92 Å². The highest BCUT2D eigenvalue weighted by atomic mass is 16.4. The molecule has 0 aromatic heterocycles. The van der Waals surface area contributed by atoms with Crippen LogP contribution in [-0.4, -0.2) is 69.4 Å². The first-order chi connectivity index (χ1) is 9.88. The Kier molecular flexibility index (Phi) is 5.72. The monoisotopic (exact) mass is 296 g/mol. The number of carbonyl (C=O) groups excluding carboxylic acids is 2. The number of rotatable bonds is 4. The zero-order chi connectivity index (χ0) is 16.0. The summed E-state index contributed by atoms with van der Waals surface area (Å²) in [5, 5.41) is 17.8. The van der Waals surface area contributed by atoms with E-state index in [4.69, 9.17) is 16.6 Å². The molecule has 1 aliphatic heterocycles. The van der Waals surface area contributed by atoms with Gasteiger partial charge < -0.3 is 20.0 Å². The minimum atomic E-state index is -1.31. The van der Waals surface area contributed by atoms with Gasteiger partial charge in [0.05, 0.1) is 6.54 Å².